The Balaban J connectivity index is 2.38. The minimum atomic E-state index is -0.342. The topological polar surface area (TPSA) is 20.2 Å². The van der Waals surface area contributed by atoms with Gasteiger partial charge in [0.2, 0.25) is 0 Å². The molecule has 0 saturated heterocycles. The molecule has 1 unspecified atom stereocenters. The number of aliphatic hydroxyl groups excluding tert-OH is 1. The molecule has 0 aliphatic carbocycles. The van der Waals surface area contributed by atoms with Crippen LogP contribution in [-0.4, -0.2) is 26.2 Å². The van der Waals surface area contributed by atoms with Gasteiger partial charge in [-0.25, -0.2) is 0 Å². The van der Waals surface area contributed by atoms with Gasteiger partial charge in [-0.05, 0) is 0 Å². The summed E-state index contributed by atoms with van der Waals surface area (Å²) in [6.07, 6.45) is 1.25. The monoisotopic (exact) mass is 228 g/mol. The quantitative estimate of drug-likeness (QED) is 0.600. The molecule has 1 N–H and O–H groups in total. The van der Waals surface area contributed by atoms with Crippen LogP contribution >= 0.6 is 0 Å². The van der Waals surface area contributed by atoms with E-state index in [9.17, 15) is 5.11 Å². The normalized spacial score (nSPS) is 12.4. The first kappa shape index (κ1) is 9.53. The molecule has 0 fully saturated rings. The predicted molar refractivity (Wildman–Crippen MR) is 52.8 cm³/mol. The molecule has 0 radical (unpaired) electrons. The molecule has 64 valence electrons. The van der Waals surface area contributed by atoms with E-state index in [0.717, 1.165) is 5.32 Å². The molecule has 0 aliphatic rings. The standard InChI is InChI=1S/C10H12OSe/c1-2-9(11)8-12-10-6-4-3-5-7-10/h2-7,9,11H,1,8H2. The molecule has 1 atom stereocenters. The summed E-state index contributed by atoms with van der Waals surface area (Å²) in [6, 6.07) is 10.2. The Hall–Kier alpha value is -0.561. The van der Waals surface area contributed by atoms with Crippen LogP contribution in [0.15, 0.2) is 43.0 Å². The van der Waals surface area contributed by atoms with Crippen molar-refractivity contribution in [1.29, 1.82) is 0 Å². The fraction of sp³-hybridized carbons (Fsp3) is 0.200. The maximum atomic E-state index is 9.22. The summed E-state index contributed by atoms with van der Waals surface area (Å²) in [5.41, 5.74) is 0. The second-order valence-corrected chi connectivity index (χ2v) is 4.72. The van der Waals surface area contributed by atoms with Crippen molar-refractivity contribution in [3.63, 3.8) is 0 Å². The van der Waals surface area contributed by atoms with Crippen molar-refractivity contribution in [1.82, 2.24) is 0 Å². The fourth-order valence-corrected chi connectivity index (χ4v) is 2.55. The average Bonchev–Trinajstić information content (AvgIpc) is 2.16. The third-order valence-corrected chi connectivity index (χ3v) is 3.77. The van der Waals surface area contributed by atoms with Crippen LogP contribution in [0.3, 0.4) is 0 Å². The van der Waals surface area contributed by atoms with Crippen LogP contribution in [0, 0.1) is 0 Å². The van der Waals surface area contributed by atoms with Crippen molar-refractivity contribution < 1.29 is 5.11 Å². The van der Waals surface area contributed by atoms with E-state index in [2.05, 4.69) is 18.7 Å². The SMILES string of the molecule is C=CC(O)C[Se]c1ccccc1. The summed E-state index contributed by atoms with van der Waals surface area (Å²) < 4.78 is 1.32. The van der Waals surface area contributed by atoms with E-state index in [1.165, 1.54) is 4.46 Å². The number of rotatable bonds is 4. The van der Waals surface area contributed by atoms with Gasteiger partial charge in [0.15, 0.2) is 0 Å². The molecular weight excluding hydrogens is 215 g/mol. The van der Waals surface area contributed by atoms with E-state index < -0.39 is 0 Å². The van der Waals surface area contributed by atoms with Crippen LogP contribution in [-0.2, 0) is 0 Å². The zero-order valence-corrected chi connectivity index (χ0v) is 8.52. The van der Waals surface area contributed by atoms with Crippen LogP contribution in [0.5, 0.6) is 0 Å². The van der Waals surface area contributed by atoms with E-state index in [1.807, 2.05) is 18.2 Å². The Morgan fingerprint density at radius 3 is 2.67 bits per heavy atom. The van der Waals surface area contributed by atoms with E-state index in [1.54, 1.807) is 6.08 Å². The second kappa shape index (κ2) is 5.15. The van der Waals surface area contributed by atoms with Gasteiger partial charge in [0, 0.05) is 0 Å². The Morgan fingerprint density at radius 2 is 2.08 bits per heavy atom. The number of hydrogen-bond acceptors (Lipinski definition) is 1. The molecular formula is C10H12OSe. The Labute approximate surface area is 79.3 Å². The first-order chi connectivity index (χ1) is 5.83. The zero-order chi connectivity index (χ0) is 8.81. The molecule has 1 aromatic carbocycles. The Morgan fingerprint density at radius 1 is 1.42 bits per heavy atom. The van der Waals surface area contributed by atoms with Crippen molar-refractivity contribution in [2.24, 2.45) is 0 Å². The van der Waals surface area contributed by atoms with E-state index in [4.69, 9.17) is 0 Å². The summed E-state index contributed by atoms with van der Waals surface area (Å²) in [7, 11) is 0. The molecule has 0 heterocycles. The molecule has 0 aliphatic heterocycles. The number of hydrogen-bond donors (Lipinski definition) is 1. The van der Waals surface area contributed by atoms with Gasteiger partial charge in [-0.2, -0.15) is 0 Å². The van der Waals surface area contributed by atoms with E-state index >= 15 is 0 Å². The molecule has 12 heavy (non-hydrogen) atoms. The van der Waals surface area contributed by atoms with Crippen molar-refractivity contribution >= 4 is 19.4 Å². The van der Waals surface area contributed by atoms with E-state index in [0.29, 0.717) is 15.0 Å². The van der Waals surface area contributed by atoms with Gasteiger partial charge < -0.3 is 0 Å². The van der Waals surface area contributed by atoms with Crippen molar-refractivity contribution in [3.8, 4) is 0 Å². The van der Waals surface area contributed by atoms with Crippen LogP contribution < -0.4 is 4.46 Å². The summed E-state index contributed by atoms with van der Waals surface area (Å²) in [5, 5.41) is 10.0. The van der Waals surface area contributed by atoms with Gasteiger partial charge in [-0.15, -0.1) is 0 Å². The van der Waals surface area contributed by atoms with Crippen molar-refractivity contribution in [3.05, 3.63) is 43.0 Å². The van der Waals surface area contributed by atoms with Gasteiger partial charge in [-0.3, -0.25) is 0 Å². The second-order valence-electron chi connectivity index (χ2n) is 2.43. The van der Waals surface area contributed by atoms with Gasteiger partial charge >= 0.3 is 78.9 Å². The maximum absolute atomic E-state index is 9.22. The molecule has 0 bridgehead atoms. The molecule has 2 heteroatoms. The summed E-state index contributed by atoms with van der Waals surface area (Å²) >= 11 is 0.370. The Bertz CT molecular complexity index is 233. The van der Waals surface area contributed by atoms with Crippen molar-refractivity contribution in [2.45, 2.75) is 11.4 Å². The van der Waals surface area contributed by atoms with Crippen LogP contribution in [0.2, 0.25) is 5.32 Å². The zero-order valence-electron chi connectivity index (χ0n) is 6.81. The summed E-state index contributed by atoms with van der Waals surface area (Å²) in [4.78, 5) is 0. The fourth-order valence-electron chi connectivity index (χ4n) is 0.766. The summed E-state index contributed by atoms with van der Waals surface area (Å²) in [6.45, 7) is 3.53. The average molecular weight is 227 g/mol. The van der Waals surface area contributed by atoms with Gasteiger partial charge in [0.05, 0.1) is 0 Å². The molecule has 0 aromatic heterocycles. The van der Waals surface area contributed by atoms with Gasteiger partial charge in [0.25, 0.3) is 0 Å². The van der Waals surface area contributed by atoms with Crippen LogP contribution in [0.25, 0.3) is 0 Å². The third kappa shape index (κ3) is 3.22. The van der Waals surface area contributed by atoms with Gasteiger partial charge in [-0.1, -0.05) is 0 Å². The summed E-state index contributed by atoms with van der Waals surface area (Å²) in [5.74, 6) is 0. The number of benzene rings is 1. The number of aliphatic hydroxyl groups is 1. The van der Waals surface area contributed by atoms with Gasteiger partial charge in [0.1, 0.15) is 0 Å². The Kier molecular flexibility index (Phi) is 4.09. The first-order valence-electron chi connectivity index (χ1n) is 3.81. The molecule has 1 rings (SSSR count). The molecule has 0 spiro atoms. The van der Waals surface area contributed by atoms with E-state index in [-0.39, 0.29) is 6.10 Å². The molecule has 0 saturated carbocycles. The third-order valence-electron chi connectivity index (χ3n) is 1.44. The molecule has 1 aromatic rings. The first-order valence-corrected chi connectivity index (χ1v) is 5.88. The van der Waals surface area contributed by atoms with Crippen molar-refractivity contribution in [2.75, 3.05) is 0 Å². The minimum absolute atomic E-state index is 0.342. The predicted octanol–water partition coefficient (Wildman–Crippen LogP) is 0.981. The molecule has 1 nitrogen and oxygen atoms in total. The van der Waals surface area contributed by atoms with Crippen LogP contribution in [0.4, 0.5) is 0 Å². The van der Waals surface area contributed by atoms with Crippen LogP contribution in [0.1, 0.15) is 0 Å². The molecule has 0 amide bonds.